The molecule has 0 aliphatic carbocycles. The maximum Gasteiger partial charge on any atom is 0.251 e. The van der Waals surface area contributed by atoms with Crippen LogP contribution >= 0.6 is 24.0 Å². The minimum absolute atomic E-state index is 0.0836. The summed E-state index contributed by atoms with van der Waals surface area (Å²) in [6.45, 7) is 2.53. The van der Waals surface area contributed by atoms with E-state index in [0.717, 1.165) is 11.5 Å². The Kier molecular flexibility index (Phi) is 4.60. The smallest absolute Gasteiger partial charge is 0.251 e. The van der Waals surface area contributed by atoms with Crippen molar-refractivity contribution in [2.24, 2.45) is 0 Å². The van der Waals surface area contributed by atoms with Gasteiger partial charge in [-0.1, -0.05) is 30.3 Å². The van der Waals surface area contributed by atoms with E-state index in [4.69, 9.17) is 12.2 Å². The van der Waals surface area contributed by atoms with Crippen molar-refractivity contribution in [3.63, 3.8) is 0 Å². The minimum atomic E-state index is -0.170. The molecule has 1 aliphatic heterocycles. The van der Waals surface area contributed by atoms with Crippen molar-refractivity contribution in [1.82, 2.24) is 10.2 Å². The zero-order valence-corrected chi connectivity index (χ0v) is 11.9. The van der Waals surface area contributed by atoms with E-state index in [9.17, 15) is 4.79 Å². The molecule has 96 valence electrons. The van der Waals surface area contributed by atoms with Gasteiger partial charge in [-0.25, -0.2) is 0 Å². The lowest BCUT2D eigenvalue weighted by molar-refractivity contribution is -0.126. The van der Waals surface area contributed by atoms with Crippen molar-refractivity contribution in [3.05, 3.63) is 35.9 Å². The molecule has 1 aromatic carbocycles. The lowest BCUT2D eigenvalue weighted by Crippen LogP contribution is -2.33. The van der Waals surface area contributed by atoms with Crippen LogP contribution in [0.3, 0.4) is 0 Å². The number of thiocarbonyl (C=S) groups is 1. The van der Waals surface area contributed by atoms with Crippen molar-refractivity contribution in [2.45, 2.75) is 18.7 Å². The van der Waals surface area contributed by atoms with Crippen LogP contribution in [0.4, 0.5) is 0 Å². The number of nitrogens with zero attached hydrogens (tertiary/aromatic N) is 1. The van der Waals surface area contributed by atoms with E-state index in [2.05, 4.69) is 17.4 Å². The summed E-state index contributed by atoms with van der Waals surface area (Å²) in [6.07, 6.45) is 0. The van der Waals surface area contributed by atoms with Gasteiger partial charge in [0.25, 0.3) is 5.91 Å². The molecule has 2 rings (SSSR count). The Morgan fingerprint density at radius 1 is 1.39 bits per heavy atom. The van der Waals surface area contributed by atoms with Gasteiger partial charge in [-0.15, -0.1) is 0 Å². The average molecular weight is 280 g/mol. The molecule has 1 N–H and O–H groups in total. The topological polar surface area (TPSA) is 32.3 Å². The molecule has 0 aromatic heterocycles. The summed E-state index contributed by atoms with van der Waals surface area (Å²) in [4.78, 5) is 13.4. The second kappa shape index (κ2) is 6.20. The number of benzene rings is 1. The number of thioether (sulfide) groups is 1. The van der Waals surface area contributed by atoms with Gasteiger partial charge in [0.1, 0.15) is 6.04 Å². The molecule has 0 spiro atoms. The Balaban J connectivity index is 1.73. The van der Waals surface area contributed by atoms with Crippen molar-refractivity contribution in [2.75, 3.05) is 12.3 Å². The van der Waals surface area contributed by atoms with E-state index in [1.54, 1.807) is 4.90 Å². The summed E-state index contributed by atoms with van der Waals surface area (Å²) in [5.74, 6) is 1.95. The summed E-state index contributed by atoms with van der Waals surface area (Å²) >= 11 is 6.94. The summed E-state index contributed by atoms with van der Waals surface area (Å²) in [7, 11) is 0. The lowest BCUT2D eigenvalue weighted by Gasteiger charge is -2.14. The Morgan fingerprint density at radius 3 is 2.72 bits per heavy atom. The number of nitrogens with one attached hydrogen (secondary N) is 1. The van der Waals surface area contributed by atoms with Gasteiger partial charge in [0.05, 0.1) is 0 Å². The Hall–Kier alpha value is -1.07. The third kappa shape index (κ3) is 3.23. The largest absolute Gasteiger partial charge is 0.351 e. The molecule has 1 saturated heterocycles. The maximum absolute atomic E-state index is 11.7. The van der Waals surface area contributed by atoms with Crippen LogP contribution in [0.25, 0.3) is 0 Å². The third-order valence-electron chi connectivity index (χ3n) is 2.79. The second-order valence-electron chi connectivity index (χ2n) is 4.20. The zero-order chi connectivity index (χ0) is 13.0. The van der Waals surface area contributed by atoms with Crippen molar-refractivity contribution >= 4 is 35.0 Å². The number of amides is 1. The van der Waals surface area contributed by atoms with Gasteiger partial charge in [-0.3, -0.25) is 9.69 Å². The third-order valence-corrected chi connectivity index (χ3v) is 4.14. The van der Waals surface area contributed by atoms with E-state index < -0.39 is 0 Å². The molecule has 0 radical (unpaired) electrons. The van der Waals surface area contributed by atoms with Gasteiger partial charge in [0.2, 0.25) is 0 Å². The fraction of sp³-hybridized carbons (Fsp3) is 0.385. The molecule has 1 atom stereocenters. The molecule has 1 aromatic rings. The molecular weight excluding hydrogens is 264 g/mol. The van der Waals surface area contributed by atoms with Crippen molar-refractivity contribution < 1.29 is 4.79 Å². The zero-order valence-electron chi connectivity index (χ0n) is 10.3. The molecule has 1 fully saturated rings. The van der Waals surface area contributed by atoms with Crippen molar-refractivity contribution in [1.29, 1.82) is 0 Å². The molecule has 1 aliphatic rings. The predicted molar refractivity (Wildman–Crippen MR) is 79.5 cm³/mol. The molecule has 0 bridgehead atoms. The first kappa shape index (κ1) is 13.4. The molecule has 1 heterocycles. The van der Waals surface area contributed by atoms with Crippen LogP contribution in [0.15, 0.2) is 30.3 Å². The first-order valence-corrected chi connectivity index (χ1v) is 7.48. The maximum atomic E-state index is 11.7. The van der Waals surface area contributed by atoms with Crippen LogP contribution in [-0.2, 0) is 10.5 Å². The SMILES string of the molecule is C[C@H]1NC(=S)N(CCSCc2ccccc2)C1=O. The molecule has 18 heavy (non-hydrogen) atoms. The number of hydrogen-bond acceptors (Lipinski definition) is 3. The molecule has 5 heteroatoms. The quantitative estimate of drug-likeness (QED) is 0.661. The van der Waals surface area contributed by atoms with E-state index in [-0.39, 0.29) is 11.9 Å². The van der Waals surface area contributed by atoms with Crippen LogP contribution < -0.4 is 5.32 Å². The number of hydrogen-bond donors (Lipinski definition) is 1. The highest BCUT2D eigenvalue weighted by molar-refractivity contribution is 7.98. The Bertz CT molecular complexity index is 436. The van der Waals surface area contributed by atoms with Gasteiger partial charge in [-0.2, -0.15) is 11.8 Å². The molecule has 1 amide bonds. The van der Waals surface area contributed by atoms with Crippen molar-refractivity contribution in [3.8, 4) is 0 Å². The fourth-order valence-electron chi connectivity index (χ4n) is 1.79. The number of rotatable bonds is 5. The van der Waals surface area contributed by atoms with Crippen LogP contribution in [0.5, 0.6) is 0 Å². The Labute approximate surface area is 117 Å². The van der Waals surface area contributed by atoms with Gasteiger partial charge in [0, 0.05) is 18.1 Å². The van der Waals surface area contributed by atoms with Gasteiger partial charge in [-0.05, 0) is 24.7 Å². The van der Waals surface area contributed by atoms with Gasteiger partial charge >= 0.3 is 0 Å². The summed E-state index contributed by atoms with van der Waals surface area (Å²) in [5, 5.41) is 3.54. The molecule has 3 nitrogen and oxygen atoms in total. The van der Waals surface area contributed by atoms with Crippen LogP contribution in [-0.4, -0.2) is 34.3 Å². The van der Waals surface area contributed by atoms with Crippen LogP contribution in [0.1, 0.15) is 12.5 Å². The normalized spacial score (nSPS) is 19.2. The number of carbonyl (C=O) groups excluding carboxylic acids is 1. The lowest BCUT2D eigenvalue weighted by atomic mass is 10.2. The summed E-state index contributed by atoms with van der Waals surface area (Å²) in [5.41, 5.74) is 1.31. The number of carbonyl (C=O) groups is 1. The highest BCUT2D eigenvalue weighted by Crippen LogP contribution is 2.13. The highest BCUT2D eigenvalue weighted by Gasteiger charge is 2.31. The van der Waals surface area contributed by atoms with E-state index >= 15 is 0 Å². The minimum Gasteiger partial charge on any atom is -0.351 e. The first-order chi connectivity index (χ1) is 8.68. The highest BCUT2D eigenvalue weighted by atomic mass is 32.2. The molecule has 0 saturated carbocycles. The summed E-state index contributed by atoms with van der Waals surface area (Å²) < 4.78 is 0. The van der Waals surface area contributed by atoms with Gasteiger partial charge in [0.15, 0.2) is 5.11 Å². The average Bonchev–Trinajstić information content (AvgIpc) is 2.61. The van der Waals surface area contributed by atoms with Crippen LogP contribution in [0.2, 0.25) is 0 Å². The van der Waals surface area contributed by atoms with Crippen LogP contribution in [0, 0.1) is 0 Å². The first-order valence-electron chi connectivity index (χ1n) is 5.92. The van der Waals surface area contributed by atoms with Gasteiger partial charge < -0.3 is 5.32 Å². The van der Waals surface area contributed by atoms with E-state index in [1.807, 2.05) is 36.9 Å². The monoisotopic (exact) mass is 280 g/mol. The molecular formula is C13H16N2OS2. The Morgan fingerprint density at radius 2 is 2.11 bits per heavy atom. The molecule has 0 unspecified atom stereocenters. The standard InChI is InChI=1S/C13H16N2OS2/c1-10-12(16)15(13(17)14-10)7-8-18-9-11-5-3-2-4-6-11/h2-6,10H,7-9H2,1H3,(H,14,17)/t10-/m1/s1. The summed E-state index contributed by atoms with van der Waals surface area (Å²) in [6, 6.07) is 10.2. The van der Waals surface area contributed by atoms with E-state index in [1.165, 1.54) is 5.56 Å². The fourth-order valence-corrected chi connectivity index (χ4v) is 3.03. The second-order valence-corrected chi connectivity index (χ2v) is 5.69. The van der Waals surface area contributed by atoms with E-state index in [0.29, 0.717) is 11.7 Å². The predicted octanol–water partition coefficient (Wildman–Crippen LogP) is 2.03.